The van der Waals surface area contributed by atoms with Gasteiger partial charge < -0.3 is 14.7 Å². The molecule has 138 valence electrons. The number of hydrogen-bond acceptors (Lipinski definition) is 3. The second-order valence-corrected chi connectivity index (χ2v) is 6.87. The summed E-state index contributed by atoms with van der Waals surface area (Å²) in [4.78, 5) is 2.33. The average Bonchev–Trinajstić information content (AvgIpc) is 2.70. The number of aromatic hydroxyl groups is 1. The van der Waals surface area contributed by atoms with Crippen LogP contribution in [0.3, 0.4) is 0 Å². The van der Waals surface area contributed by atoms with Crippen molar-refractivity contribution in [3.63, 3.8) is 0 Å². The minimum Gasteiger partial charge on any atom is -0.508 e. The molecule has 1 aliphatic rings. The van der Waals surface area contributed by atoms with Gasteiger partial charge in [-0.15, -0.1) is 0 Å². The van der Waals surface area contributed by atoms with Crippen molar-refractivity contribution in [3.8, 4) is 11.5 Å². The average molecular weight is 363 g/mol. The van der Waals surface area contributed by atoms with Crippen LogP contribution in [0, 0.1) is 5.82 Å². The number of halogens is 1. The molecule has 0 aromatic heterocycles. The molecule has 3 nitrogen and oxygen atoms in total. The highest BCUT2D eigenvalue weighted by molar-refractivity contribution is 5.54. The molecule has 0 spiro atoms. The molecule has 0 amide bonds. The van der Waals surface area contributed by atoms with Crippen molar-refractivity contribution < 1.29 is 14.2 Å². The first-order valence-electron chi connectivity index (χ1n) is 9.11. The third-order valence-electron chi connectivity index (χ3n) is 5.23. The van der Waals surface area contributed by atoms with Gasteiger partial charge in [0, 0.05) is 12.2 Å². The summed E-state index contributed by atoms with van der Waals surface area (Å²) in [7, 11) is 1.68. The topological polar surface area (TPSA) is 32.7 Å². The maximum absolute atomic E-state index is 13.4. The Hall–Kier alpha value is -3.01. The van der Waals surface area contributed by atoms with Crippen LogP contribution in [-0.2, 0) is 12.8 Å². The van der Waals surface area contributed by atoms with Crippen LogP contribution < -0.4 is 9.64 Å². The number of nitrogens with zero attached hydrogens (tertiary/aromatic N) is 1. The molecule has 1 unspecified atom stereocenters. The van der Waals surface area contributed by atoms with Crippen molar-refractivity contribution >= 4 is 5.69 Å². The zero-order valence-corrected chi connectivity index (χ0v) is 15.2. The molecule has 3 aromatic rings. The second kappa shape index (κ2) is 7.31. The van der Waals surface area contributed by atoms with Crippen LogP contribution in [0.4, 0.5) is 10.1 Å². The summed E-state index contributed by atoms with van der Waals surface area (Å²) in [5, 5.41) is 9.57. The second-order valence-electron chi connectivity index (χ2n) is 6.87. The highest BCUT2D eigenvalue weighted by Crippen LogP contribution is 2.37. The number of fused-ring (bicyclic) bond motifs is 1. The van der Waals surface area contributed by atoms with Crippen molar-refractivity contribution in [2.45, 2.75) is 18.9 Å². The monoisotopic (exact) mass is 363 g/mol. The fourth-order valence-electron chi connectivity index (χ4n) is 3.83. The molecule has 0 bridgehead atoms. The zero-order valence-electron chi connectivity index (χ0n) is 15.2. The molecule has 4 heteroatoms. The van der Waals surface area contributed by atoms with Crippen LogP contribution in [0.25, 0.3) is 0 Å². The molecular formula is C23H22FNO2. The standard InChI is InChI=1S/C23H22FNO2/c1-27-21-10-11-22-17(15-21)12-13-25(19-6-4-18(24)5-7-19)23(22)14-16-2-8-20(26)9-3-16/h2-11,15,23,26H,12-14H2,1H3. The van der Waals surface area contributed by atoms with E-state index in [2.05, 4.69) is 17.0 Å². The predicted molar refractivity (Wildman–Crippen MR) is 105 cm³/mol. The first-order valence-corrected chi connectivity index (χ1v) is 9.11. The van der Waals surface area contributed by atoms with E-state index in [0.29, 0.717) is 0 Å². The van der Waals surface area contributed by atoms with Crippen molar-refractivity contribution in [3.05, 3.63) is 89.2 Å². The van der Waals surface area contributed by atoms with E-state index in [1.54, 1.807) is 19.2 Å². The van der Waals surface area contributed by atoms with Gasteiger partial charge in [-0.3, -0.25) is 0 Å². The number of ether oxygens (including phenoxy) is 1. The van der Waals surface area contributed by atoms with E-state index >= 15 is 0 Å². The molecule has 0 saturated heterocycles. The van der Waals surface area contributed by atoms with Crippen LogP contribution in [0.5, 0.6) is 11.5 Å². The Morgan fingerprint density at radius 2 is 1.78 bits per heavy atom. The zero-order chi connectivity index (χ0) is 18.8. The van der Waals surface area contributed by atoms with Gasteiger partial charge in [0.25, 0.3) is 0 Å². The lowest BCUT2D eigenvalue weighted by atomic mass is 9.88. The third-order valence-corrected chi connectivity index (χ3v) is 5.23. The van der Waals surface area contributed by atoms with E-state index in [0.717, 1.165) is 36.4 Å². The van der Waals surface area contributed by atoms with E-state index in [1.165, 1.54) is 23.3 Å². The molecule has 1 atom stereocenters. The molecule has 0 fully saturated rings. The van der Waals surface area contributed by atoms with Crippen LogP contribution in [0.2, 0.25) is 0 Å². The molecule has 1 heterocycles. The Kier molecular flexibility index (Phi) is 4.71. The van der Waals surface area contributed by atoms with Gasteiger partial charge in [0.05, 0.1) is 13.2 Å². The number of phenols is 1. The largest absolute Gasteiger partial charge is 0.508 e. The number of hydrogen-bond donors (Lipinski definition) is 1. The highest BCUT2D eigenvalue weighted by Gasteiger charge is 2.28. The van der Waals surface area contributed by atoms with E-state index in [-0.39, 0.29) is 17.6 Å². The van der Waals surface area contributed by atoms with Gasteiger partial charge in [-0.1, -0.05) is 18.2 Å². The summed E-state index contributed by atoms with van der Waals surface area (Å²) in [5.74, 6) is 0.909. The number of phenolic OH excluding ortho intramolecular Hbond substituents is 1. The first-order chi connectivity index (χ1) is 13.1. The summed E-state index contributed by atoms with van der Waals surface area (Å²) in [6, 6.07) is 20.4. The Labute approximate surface area is 158 Å². The van der Waals surface area contributed by atoms with Gasteiger partial charge in [-0.05, 0) is 78.1 Å². The number of anilines is 1. The van der Waals surface area contributed by atoms with Gasteiger partial charge >= 0.3 is 0 Å². The summed E-state index contributed by atoms with van der Waals surface area (Å²) in [5.41, 5.74) is 4.71. The minimum absolute atomic E-state index is 0.134. The van der Waals surface area contributed by atoms with Crippen molar-refractivity contribution in [1.82, 2.24) is 0 Å². The van der Waals surface area contributed by atoms with Crippen molar-refractivity contribution in [2.24, 2.45) is 0 Å². The quantitative estimate of drug-likeness (QED) is 0.717. The molecule has 27 heavy (non-hydrogen) atoms. The van der Waals surface area contributed by atoms with Crippen LogP contribution in [0.15, 0.2) is 66.7 Å². The lowest BCUT2D eigenvalue weighted by Gasteiger charge is -2.39. The Balaban J connectivity index is 1.73. The van der Waals surface area contributed by atoms with Crippen molar-refractivity contribution in [1.29, 1.82) is 0 Å². The summed E-state index contributed by atoms with van der Waals surface area (Å²) < 4.78 is 18.8. The molecule has 3 aromatic carbocycles. The Bertz CT molecular complexity index is 922. The van der Waals surface area contributed by atoms with E-state index in [9.17, 15) is 9.50 Å². The van der Waals surface area contributed by atoms with Gasteiger partial charge in [0.2, 0.25) is 0 Å². The summed E-state index contributed by atoms with van der Waals surface area (Å²) in [6.45, 7) is 0.856. The molecule has 1 N–H and O–H groups in total. The fraction of sp³-hybridized carbons (Fsp3) is 0.217. The molecular weight excluding hydrogens is 341 g/mol. The van der Waals surface area contributed by atoms with Crippen molar-refractivity contribution in [2.75, 3.05) is 18.6 Å². The third kappa shape index (κ3) is 3.61. The molecule has 1 aliphatic heterocycles. The lowest BCUT2D eigenvalue weighted by molar-refractivity contribution is 0.413. The number of benzene rings is 3. The van der Waals surface area contributed by atoms with E-state index < -0.39 is 0 Å². The molecule has 0 radical (unpaired) electrons. The summed E-state index contributed by atoms with van der Waals surface area (Å²) >= 11 is 0. The highest BCUT2D eigenvalue weighted by atomic mass is 19.1. The first kappa shape index (κ1) is 17.4. The normalized spacial score (nSPS) is 16.1. The van der Waals surface area contributed by atoms with Gasteiger partial charge in [-0.25, -0.2) is 4.39 Å². The fourth-order valence-corrected chi connectivity index (χ4v) is 3.83. The Morgan fingerprint density at radius 3 is 2.48 bits per heavy atom. The number of methoxy groups -OCH3 is 1. The molecule has 4 rings (SSSR count). The van der Waals surface area contributed by atoms with Gasteiger partial charge in [0.15, 0.2) is 0 Å². The molecule has 0 saturated carbocycles. The maximum atomic E-state index is 13.4. The van der Waals surface area contributed by atoms with Crippen LogP contribution >= 0.6 is 0 Å². The SMILES string of the molecule is COc1ccc2c(c1)CCN(c1ccc(F)cc1)C2Cc1ccc(O)cc1. The molecule has 0 aliphatic carbocycles. The van der Waals surface area contributed by atoms with Gasteiger partial charge in [-0.2, -0.15) is 0 Å². The number of rotatable bonds is 4. The van der Waals surface area contributed by atoms with Crippen LogP contribution in [0.1, 0.15) is 22.7 Å². The Morgan fingerprint density at radius 1 is 1.04 bits per heavy atom. The minimum atomic E-state index is -0.226. The predicted octanol–water partition coefficient (Wildman–Crippen LogP) is 4.89. The van der Waals surface area contributed by atoms with E-state index in [4.69, 9.17) is 4.74 Å². The lowest BCUT2D eigenvalue weighted by Crippen LogP contribution is -2.36. The van der Waals surface area contributed by atoms with Crippen LogP contribution in [-0.4, -0.2) is 18.8 Å². The summed E-state index contributed by atoms with van der Waals surface area (Å²) in [6.07, 6.45) is 1.72. The maximum Gasteiger partial charge on any atom is 0.123 e. The van der Waals surface area contributed by atoms with E-state index in [1.807, 2.05) is 30.3 Å². The van der Waals surface area contributed by atoms with Gasteiger partial charge in [0.1, 0.15) is 17.3 Å². The smallest absolute Gasteiger partial charge is 0.123 e.